The van der Waals surface area contributed by atoms with Crippen molar-refractivity contribution >= 4 is 17.9 Å². The van der Waals surface area contributed by atoms with Crippen molar-refractivity contribution in [1.29, 1.82) is 0 Å². The minimum Gasteiger partial charge on any atom is -0.484 e. The Bertz CT molecular complexity index is 736. The largest absolute Gasteiger partial charge is 0.484 e. The second-order valence-corrected chi connectivity index (χ2v) is 4.58. The van der Waals surface area contributed by atoms with Crippen LogP contribution in [0, 0.1) is 5.82 Å². The number of benzene rings is 2. The van der Waals surface area contributed by atoms with Crippen LogP contribution < -0.4 is 4.74 Å². The maximum Gasteiger partial charge on any atom is 0.363 e. The van der Waals surface area contributed by atoms with Crippen LogP contribution in [0.4, 0.5) is 4.39 Å². The number of carbonyl (C=O) groups excluding carboxylic acids is 1. The van der Waals surface area contributed by atoms with Gasteiger partial charge in [-0.25, -0.2) is 14.2 Å². The number of halogens is 1. The molecule has 0 amide bonds. The quantitative estimate of drug-likeness (QED) is 0.643. The molecule has 22 heavy (non-hydrogen) atoms. The molecule has 0 saturated carbocycles. The molecule has 0 unspecified atom stereocenters. The van der Waals surface area contributed by atoms with E-state index >= 15 is 0 Å². The van der Waals surface area contributed by atoms with E-state index in [1.165, 1.54) is 18.2 Å². The van der Waals surface area contributed by atoms with E-state index < -0.39 is 5.97 Å². The van der Waals surface area contributed by atoms with Crippen LogP contribution in [0.2, 0.25) is 0 Å². The van der Waals surface area contributed by atoms with Crippen molar-refractivity contribution in [3.63, 3.8) is 0 Å². The third-order valence-corrected chi connectivity index (χ3v) is 2.94. The Labute approximate surface area is 126 Å². The van der Waals surface area contributed by atoms with Gasteiger partial charge in [-0.15, -0.1) is 0 Å². The number of esters is 1. The topological polar surface area (TPSA) is 47.9 Å². The van der Waals surface area contributed by atoms with Crippen molar-refractivity contribution in [1.82, 2.24) is 0 Å². The van der Waals surface area contributed by atoms with Gasteiger partial charge in [0.15, 0.2) is 12.3 Å². The minimum absolute atomic E-state index is 0.0660. The van der Waals surface area contributed by atoms with Crippen LogP contribution in [-0.4, -0.2) is 18.5 Å². The lowest BCUT2D eigenvalue weighted by molar-refractivity contribution is -0.130. The fourth-order valence-corrected chi connectivity index (χ4v) is 1.89. The molecule has 2 aromatic rings. The van der Waals surface area contributed by atoms with Crippen LogP contribution in [0.15, 0.2) is 65.3 Å². The van der Waals surface area contributed by atoms with Gasteiger partial charge in [-0.2, -0.15) is 0 Å². The molecule has 4 nitrogen and oxygen atoms in total. The third-order valence-electron chi connectivity index (χ3n) is 2.94. The summed E-state index contributed by atoms with van der Waals surface area (Å²) in [6, 6.07) is 14.9. The monoisotopic (exact) mass is 297 g/mol. The maximum absolute atomic E-state index is 12.8. The first kappa shape index (κ1) is 14.0. The smallest absolute Gasteiger partial charge is 0.363 e. The first-order valence-corrected chi connectivity index (χ1v) is 6.65. The molecule has 110 valence electrons. The molecule has 2 aromatic carbocycles. The van der Waals surface area contributed by atoms with E-state index in [1.54, 1.807) is 24.3 Å². The molecule has 0 aromatic heterocycles. The first-order chi connectivity index (χ1) is 10.7. The highest BCUT2D eigenvalue weighted by Gasteiger charge is 2.23. The van der Waals surface area contributed by atoms with Crippen LogP contribution >= 0.6 is 0 Å². The molecule has 1 aliphatic rings. The van der Waals surface area contributed by atoms with Crippen LogP contribution in [0.1, 0.15) is 5.56 Å². The molecule has 0 bridgehead atoms. The zero-order chi connectivity index (χ0) is 15.4. The Morgan fingerprint density at radius 2 is 1.82 bits per heavy atom. The molecule has 0 saturated heterocycles. The number of hydrogen-bond donors (Lipinski definition) is 0. The lowest BCUT2D eigenvalue weighted by atomic mass is 10.2. The average Bonchev–Trinajstić information content (AvgIpc) is 2.89. The Kier molecular flexibility index (Phi) is 3.96. The van der Waals surface area contributed by atoms with Crippen molar-refractivity contribution in [2.24, 2.45) is 4.99 Å². The normalized spacial score (nSPS) is 15.6. The van der Waals surface area contributed by atoms with Gasteiger partial charge in [0.2, 0.25) is 5.90 Å². The van der Waals surface area contributed by atoms with Gasteiger partial charge in [-0.05, 0) is 35.9 Å². The zero-order valence-corrected chi connectivity index (χ0v) is 11.5. The van der Waals surface area contributed by atoms with Crippen molar-refractivity contribution in [2.45, 2.75) is 0 Å². The molecule has 0 radical (unpaired) electrons. The van der Waals surface area contributed by atoms with Crippen molar-refractivity contribution < 1.29 is 18.7 Å². The molecule has 0 aliphatic carbocycles. The van der Waals surface area contributed by atoms with Gasteiger partial charge < -0.3 is 9.47 Å². The van der Waals surface area contributed by atoms with Crippen LogP contribution in [0.3, 0.4) is 0 Å². The number of nitrogens with zero attached hydrogens (tertiary/aromatic N) is 1. The van der Waals surface area contributed by atoms with E-state index in [0.29, 0.717) is 11.3 Å². The second kappa shape index (κ2) is 6.22. The lowest BCUT2D eigenvalue weighted by Gasteiger charge is -2.03. The fraction of sp³-hybridized carbons (Fsp3) is 0.0588. The summed E-state index contributed by atoms with van der Waals surface area (Å²) in [6.07, 6.45) is 1.54. The fourth-order valence-electron chi connectivity index (χ4n) is 1.89. The van der Waals surface area contributed by atoms with Gasteiger partial charge in [-0.1, -0.05) is 30.3 Å². The van der Waals surface area contributed by atoms with Crippen molar-refractivity contribution in [3.8, 4) is 5.75 Å². The van der Waals surface area contributed by atoms with E-state index in [-0.39, 0.29) is 24.0 Å². The molecule has 0 fully saturated rings. The van der Waals surface area contributed by atoms with Gasteiger partial charge in [0.25, 0.3) is 0 Å². The number of hydrogen-bond acceptors (Lipinski definition) is 4. The van der Waals surface area contributed by atoms with Crippen LogP contribution in [-0.2, 0) is 9.53 Å². The third kappa shape index (κ3) is 3.38. The van der Waals surface area contributed by atoms with Gasteiger partial charge in [0, 0.05) is 0 Å². The van der Waals surface area contributed by atoms with E-state index in [1.807, 2.05) is 18.2 Å². The van der Waals surface area contributed by atoms with Gasteiger partial charge in [0.05, 0.1) is 0 Å². The highest BCUT2D eigenvalue weighted by molar-refractivity contribution is 6.07. The van der Waals surface area contributed by atoms with E-state index in [9.17, 15) is 9.18 Å². The number of carbonyl (C=O) groups is 1. The molecule has 0 N–H and O–H groups in total. The summed E-state index contributed by atoms with van der Waals surface area (Å²) in [5.74, 6) is -0.0213. The van der Waals surface area contributed by atoms with Crippen molar-refractivity contribution in [3.05, 3.63) is 71.7 Å². The average molecular weight is 297 g/mol. The summed E-state index contributed by atoms with van der Waals surface area (Å²) < 4.78 is 23.3. The first-order valence-electron chi connectivity index (χ1n) is 6.65. The molecule has 3 rings (SSSR count). The molecular formula is C17H12FNO3. The van der Waals surface area contributed by atoms with Gasteiger partial charge in [0.1, 0.15) is 11.6 Å². The Hall–Kier alpha value is -2.95. The number of rotatable bonds is 4. The number of aliphatic imine (C=N–C) groups is 1. The van der Waals surface area contributed by atoms with Crippen molar-refractivity contribution in [2.75, 3.05) is 6.61 Å². The van der Waals surface area contributed by atoms with Gasteiger partial charge >= 0.3 is 5.97 Å². The maximum atomic E-state index is 12.8. The lowest BCUT2D eigenvalue weighted by Crippen LogP contribution is -2.13. The summed E-state index contributed by atoms with van der Waals surface area (Å²) in [5.41, 5.74) is 0.834. The summed E-state index contributed by atoms with van der Waals surface area (Å²) in [7, 11) is 0. The van der Waals surface area contributed by atoms with Gasteiger partial charge in [-0.3, -0.25) is 0 Å². The molecule has 5 heteroatoms. The van der Waals surface area contributed by atoms with E-state index in [4.69, 9.17) is 9.47 Å². The van der Waals surface area contributed by atoms with E-state index in [0.717, 1.165) is 0 Å². The standard InChI is InChI=1S/C17H12FNO3/c18-13-8-6-12(7-9-13)10-15-17(20)22-16(19-15)11-21-14-4-2-1-3-5-14/h1-10H,11H2/b15-10+. The number of cyclic esters (lactones) is 1. The Morgan fingerprint density at radius 1 is 1.09 bits per heavy atom. The molecule has 1 heterocycles. The van der Waals surface area contributed by atoms with E-state index in [2.05, 4.69) is 4.99 Å². The number of para-hydroxylation sites is 1. The highest BCUT2D eigenvalue weighted by Crippen LogP contribution is 2.17. The molecular weight excluding hydrogens is 285 g/mol. The summed E-state index contributed by atoms with van der Waals surface area (Å²) in [4.78, 5) is 15.8. The summed E-state index contributed by atoms with van der Waals surface area (Å²) >= 11 is 0. The Morgan fingerprint density at radius 3 is 2.55 bits per heavy atom. The zero-order valence-electron chi connectivity index (χ0n) is 11.5. The molecule has 0 atom stereocenters. The predicted octanol–water partition coefficient (Wildman–Crippen LogP) is 3.20. The SMILES string of the molecule is O=C1OC(COc2ccccc2)=N/C1=C/c1ccc(F)cc1. The Balaban J connectivity index is 1.70. The predicted molar refractivity (Wildman–Crippen MR) is 79.8 cm³/mol. The second-order valence-electron chi connectivity index (χ2n) is 4.58. The molecule has 0 spiro atoms. The van der Waals surface area contributed by atoms with Crippen LogP contribution in [0.5, 0.6) is 5.75 Å². The van der Waals surface area contributed by atoms with Crippen LogP contribution in [0.25, 0.3) is 6.08 Å². The summed E-state index contributed by atoms with van der Waals surface area (Å²) in [5, 5.41) is 0. The molecule has 1 aliphatic heterocycles. The number of ether oxygens (including phenoxy) is 2. The minimum atomic E-state index is -0.545. The summed E-state index contributed by atoms with van der Waals surface area (Å²) in [6.45, 7) is 0.0660. The highest BCUT2D eigenvalue weighted by atomic mass is 19.1.